The van der Waals surface area contributed by atoms with Gasteiger partial charge >= 0.3 is 5.97 Å². The fourth-order valence-electron chi connectivity index (χ4n) is 1.81. The van der Waals surface area contributed by atoms with Gasteiger partial charge in [-0.3, -0.25) is 4.79 Å². The third-order valence-corrected chi connectivity index (χ3v) is 3.52. The van der Waals surface area contributed by atoms with E-state index in [9.17, 15) is 9.18 Å². The number of rotatable bonds is 5. The van der Waals surface area contributed by atoms with Gasteiger partial charge in [-0.25, -0.2) is 4.39 Å². The highest BCUT2D eigenvalue weighted by Crippen LogP contribution is 2.28. The van der Waals surface area contributed by atoms with Gasteiger partial charge < -0.3 is 9.47 Å². The molecule has 0 aromatic heterocycles. The summed E-state index contributed by atoms with van der Waals surface area (Å²) in [6.45, 7) is 0.176. The van der Waals surface area contributed by atoms with E-state index in [-0.39, 0.29) is 18.6 Å². The van der Waals surface area contributed by atoms with Crippen molar-refractivity contribution in [3.8, 4) is 5.75 Å². The van der Waals surface area contributed by atoms with Gasteiger partial charge in [0.1, 0.15) is 18.2 Å². The maximum absolute atomic E-state index is 13.8. The molecule has 0 amide bonds. The molecule has 0 radical (unpaired) electrons. The van der Waals surface area contributed by atoms with Crippen molar-refractivity contribution in [1.29, 1.82) is 0 Å². The van der Waals surface area contributed by atoms with Gasteiger partial charge in [0.05, 0.1) is 18.0 Å². The molecule has 0 atom stereocenters. The van der Waals surface area contributed by atoms with Gasteiger partial charge in [0, 0.05) is 5.56 Å². The summed E-state index contributed by atoms with van der Waals surface area (Å²) in [6.07, 6.45) is -0.137. The predicted octanol–water partition coefficient (Wildman–Crippen LogP) is 3.88. The highest BCUT2D eigenvalue weighted by Gasteiger charge is 2.13. The zero-order valence-electron chi connectivity index (χ0n) is 11.4. The molecule has 0 spiro atoms. The van der Waals surface area contributed by atoms with Crippen LogP contribution in [-0.2, 0) is 22.6 Å². The Bertz CT molecular complexity index is 629. The molecular formula is C16H14BrFO3. The van der Waals surface area contributed by atoms with E-state index in [1.165, 1.54) is 19.2 Å². The third-order valence-electron chi connectivity index (χ3n) is 2.90. The molecule has 0 heterocycles. The topological polar surface area (TPSA) is 35.5 Å². The Kier molecular flexibility index (Phi) is 5.33. The lowest BCUT2D eigenvalue weighted by Crippen LogP contribution is -2.09. The average Bonchev–Trinajstić information content (AvgIpc) is 2.49. The summed E-state index contributed by atoms with van der Waals surface area (Å²) < 4.78 is 24.5. The average molecular weight is 353 g/mol. The van der Waals surface area contributed by atoms with E-state index in [1.807, 2.05) is 30.3 Å². The molecule has 2 rings (SSSR count). The second kappa shape index (κ2) is 7.22. The second-order valence-electron chi connectivity index (χ2n) is 4.40. The van der Waals surface area contributed by atoms with Gasteiger partial charge in [-0.15, -0.1) is 0 Å². The Morgan fingerprint density at radius 3 is 2.62 bits per heavy atom. The molecule has 2 aromatic carbocycles. The fraction of sp³-hybridized carbons (Fsp3) is 0.188. The molecular weight excluding hydrogens is 339 g/mol. The molecule has 2 aromatic rings. The van der Waals surface area contributed by atoms with Crippen LogP contribution in [0.3, 0.4) is 0 Å². The molecule has 21 heavy (non-hydrogen) atoms. The fourth-order valence-corrected chi connectivity index (χ4v) is 2.29. The number of halogens is 2. The van der Waals surface area contributed by atoms with E-state index in [0.29, 0.717) is 10.2 Å². The number of carbonyl (C=O) groups is 1. The van der Waals surface area contributed by atoms with Crippen LogP contribution < -0.4 is 4.74 Å². The Hall–Kier alpha value is -1.88. The summed E-state index contributed by atoms with van der Waals surface area (Å²) in [5.41, 5.74) is 1.13. The smallest absolute Gasteiger partial charge is 0.310 e. The lowest BCUT2D eigenvalue weighted by Gasteiger charge is -2.09. The van der Waals surface area contributed by atoms with Crippen LogP contribution in [0.15, 0.2) is 46.9 Å². The summed E-state index contributed by atoms with van der Waals surface area (Å²) >= 11 is 3.19. The van der Waals surface area contributed by atoms with Crippen molar-refractivity contribution < 1.29 is 18.7 Å². The lowest BCUT2D eigenvalue weighted by molar-refractivity contribution is -0.144. The van der Waals surface area contributed by atoms with Crippen molar-refractivity contribution in [2.45, 2.75) is 13.0 Å². The van der Waals surface area contributed by atoms with Crippen LogP contribution in [0, 0.1) is 5.82 Å². The Balaban J connectivity index is 1.99. The van der Waals surface area contributed by atoms with Crippen molar-refractivity contribution in [3.05, 3.63) is 63.9 Å². The van der Waals surface area contributed by atoms with Gasteiger partial charge in [-0.05, 0) is 33.6 Å². The molecule has 3 nitrogen and oxygen atoms in total. The number of ether oxygens (including phenoxy) is 2. The van der Waals surface area contributed by atoms with Crippen LogP contribution in [-0.4, -0.2) is 13.1 Å². The number of methoxy groups -OCH3 is 1. The molecule has 0 bridgehead atoms. The zero-order valence-corrected chi connectivity index (χ0v) is 13.0. The Morgan fingerprint density at radius 2 is 1.95 bits per heavy atom. The monoisotopic (exact) mass is 352 g/mol. The van der Waals surface area contributed by atoms with Crippen molar-refractivity contribution >= 4 is 21.9 Å². The number of carbonyl (C=O) groups excluding carboxylic acids is 1. The molecule has 110 valence electrons. The normalized spacial score (nSPS) is 10.2. The summed E-state index contributed by atoms with van der Waals surface area (Å²) in [7, 11) is 1.48. The van der Waals surface area contributed by atoms with Gasteiger partial charge in [-0.2, -0.15) is 0 Å². The maximum atomic E-state index is 13.8. The highest BCUT2D eigenvalue weighted by molar-refractivity contribution is 9.10. The van der Waals surface area contributed by atoms with Crippen molar-refractivity contribution in [3.63, 3.8) is 0 Å². The van der Waals surface area contributed by atoms with Gasteiger partial charge in [0.15, 0.2) is 0 Å². The number of hydrogen-bond donors (Lipinski definition) is 0. The third kappa shape index (κ3) is 4.29. The lowest BCUT2D eigenvalue weighted by atomic mass is 10.1. The van der Waals surface area contributed by atoms with E-state index in [0.717, 1.165) is 5.56 Å². The first-order valence-electron chi connectivity index (χ1n) is 6.31. The van der Waals surface area contributed by atoms with Crippen LogP contribution in [0.2, 0.25) is 0 Å². The van der Waals surface area contributed by atoms with Crippen LogP contribution in [0.1, 0.15) is 11.1 Å². The minimum atomic E-state index is -0.484. The number of hydrogen-bond acceptors (Lipinski definition) is 3. The van der Waals surface area contributed by atoms with Crippen LogP contribution >= 0.6 is 15.9 Å². The van der Waals surface area contributed by atoms with Crippen molar-refractivity contribution in [2.24, 2.45) is 0 Å². The van der Waals surface area contributed by atoms with E-state index in [2.05, 4.69) is 15.9 Å². The first-order chi connectivity index (χ1) is 10.1. The molecule has 0 unspecified atom stereocenters. The summed E-state index contributed by atoms with van der Waals surface area (Å²) in [5, 5.41) is 0. The highest BCUT2D eigenvalue weighted by atomic mass is 79.9. The standard InChI is InChI=1S/C16H14BrFO3/c1-20-15-7-12(14(18)9-13(15)17)8-16(19)21-10-11-5-3-2-4-6-11/h2-7,9H,8,10H2,1H3. The summed E-state index contributed by atoms with van der Waals surface area (Å²) in [4.78, 5) is 11.8. The molecule has 0 N–H and O–H groups in total. The first kappa shape index (κ1) is 15.5. The molecule has 0 aliphatic rings. The Morgan fingerprint density at radius 1 is 1.24 bits per heavy atom. The molecule has 0 aliphatic heterocycles. The largest absolute Gasteiger partial charge is 0.496 e. The van der Waals surface area contributed by atoms with Crippen LogP contribution in [0.5, 0.6) is 5.75 Å². The summed E-state index contributed by atoms with van der Waals surface area (Å²) in [6, 6.07) is 12.1. The van der Waals surface area contributed by atoms with Gasteiger partial charge in [0.25, 0.3) is 0 Å². The summed E-state index contributed by atoms with van der Waals surface area (Å²) in [5.74, 6) is -0.483. The van der Waals surface area contributed by atoms with E-state index < -0.39 is 11.8 Å². The van der Waals surface area contributed by atoms with E-state index >= 15 is 0 Å². The second-order valence-corrected chi connectivity index (χ2v) is 5.26. The van der Waals surface area contributed by atoms with Crippen molar-refractivity contribution in [2.75, 3.05) is 7.11 Å². The molecule has 0 fully saturated rings. The first-order valence-corrected chi connectivity index (χ1v) is 7.11. The quantitative estimate of drug-likeness (QED) is 0.766. The molecule has 5 heteroatoms. The molecule has 0 saturated heterocycles. The van der Waals surface area contributed by atoms with Gasteiger partial charge in [-0.1, -0.05) is 30.3 Å². The van der Waals surface area contributed by atoms with E-state index in [4.69, 9.17) is 9.47 Å². The molecule has 0 aliphatic carbocycles. The maximum Gasteiger partial charge on any atom is 0.310 e. The van der Waals surface area contributed by atoms with Gasteiger partial charge in [0.2, 0.25) is 0 Å². The Labute approximate surface area is 130 Å². The van der Waals surface area contributed by atoms with Crippen molar-refractivity contribution in [1.82, 2.24) is 0 Å². The van der Waals surface area contributed by atoms with E-state index in [1.54, 1.807) is 0 Å². The number of benzene rings is 2. The van der Waals surface area contributed by atoms with Crippen LogP contribution in [0.4, 0.5) is 4.39 Å². The minimum Gasteiger partial charge on any atom is -0.496 e. The predicted molar refractivity (Wildman–Crippen MR) is 80.6 cm³/mol. The number of esters is 1. The SMILES string of the molecule is COc1cc(CC(=O)OCc2ccccc2)c(F)cc1Br. The minimum absolute atomic E-state index is 0.137. The molecule has 0 saturated carbocycles. The zero-order chi connectivity index (χ0) is 15.2. The van der Waals surface area contributed by atoms with Crippen LogP contribution in [0.25, 0.3) is 0 Å².